The molecule has 25 heavy (non-hydrogen) atoms. The molecule has 0 aromatic carbocycles. The predicted molar refractivity (Wildman–Crippen MR) is 96.7 cm³/mol. The third-order valence-electron chi connectivity index (χ3n) is 4.66. The molecular weight excluding hydrogens is 314 g/mol. The molecule has 0 radical (unpaired) electrons. The molecule has 6 heteroatoms. The van der Waals surface area contributed by atoms with Crippen LogP contribution in [0, 0.1) is 12.8 Å². The van der Waals surface area contributed by atoms with Gasteiger partial charge < -0.3 is 9.64 Å². The molecule has 1 aliphatic heterocycles. The third-order valence-corrected chi connectivity index (χ3v) is 4.66. The second-order valence-electron chi connectivity index (χ2n) is 6.45. The summed E-state index contributed by atoms with van der Waals surface area (Å²) in [5.41, 5.74) is 1.74. The molecule has 0 amide bonds. The fraction of sp³-hybridized carbons (Fsp3) is 0.368. The summed E-state index contributed by atoms with van der Waals surface area (Å²) in [6, 6.07) is 7.88. The highest BCUT2D eigenvalue weighted by Gasteiger charge is 2.22. The normalized spacial score (nSPS) is 15.5. The minimum absolute atomic E-state index is 0.566. The number of hydrogen-bond donors (Lipinski definition) is 0. The van der Waals surface area contributed by atoms with Crippen molar-refractivity contribution in [3.8, 4) is 5.75 Å². The van der Waals surface area contributed by atoms with E-state index in [4.69, 9.17) is 4.74 Å². The summed E-state index contributed by atoms with van der Waals surface area (Å²) in [6.07, 6.45) is 7.35. The molecule has 0 N–H and O–H groups in total. The predicted octanol–water partition coefficient (Wildman–Crippen LogP) is 3.02. The second-order valence-corrected chi connectivity index (χ2v) is 6.45. The minimum Gasteiger partial charge on any atom is -0.493 e. The van der Waals surface area contributed by atoms with Gasteiger partial charge in [-0.05, 0) is 43.9 Å². The summed E-state index contributed by atoms with van der Waals surface area (Å²) in [5, 5.41) is 1.02. The fourth-order valence-corrected chi connectivity index (χ4v) is 3.27. The first-order valence-corrected chi connectivity index (χ1v) is 8.66. The summed E-state index contributed by atoms with van der Waals surface area (Å²) >= 11 is 0. The molecule has 0 bridgehead atoms. The van der Waals surface area contributed by atoms with E-state index in [1.165, 1.54) is 0 Å². The molecular formula is C19H21N5O. The zero-order chi connectivity index (χ0) is 17.1. The Morgan fingerprint density at radius 3 is 2.80 bits per heavy atom. The van der Waals surface area contributed by atoms with Gasteiger partial charge in [0.15, 0.2) is 5.65 Å². The molecule has 128 valence electrons. The molecule has 1 fully saturated rings. The van der Waals surface area contributed by atoms with Crippen LogP contribution in [-0.4, -0.2) is 39.6 Å². The van der Waals surface area contributed by atoms with Gasteiger partial charge >= 0.3 is 0 Å². The van der Waals surface area contributed by atoms with Gasteiger partial charge in [-0.1, -0.05) is 0 Å². The molecule has 4 rings (SSSR count). The SMILES string of the molecule is Cc1cc(OCC2CCN(c3ncnc4ncccc34)CC2)ccn1. The Hall–Kier alpha value is -2.76. The van der Waals surface area contributed by atoms with E-state index in [0.29, 0.717) is 5.92 Å². The van der Waals surface area contributed by atoms with Crippen LogP contribution in [0.5, 0.6) is 5.75 Å². The number of aryl methyl sites for hydroxylation is 1. The Labute approximate surface area is 146 Å². The first kappa shape index (κ1) is 15.7. The molecule has 4 heterocycles. The van der Waals surface area contributed by atoms with Gasteiger partial charge in [0.2, 0.25) is 0 Å². The highest BCUT2D eigenvalue weighted by molar-refractivity contribution is 5.86. The molecule has 0 unspecified atom stereocenters. The second kappa shape index (κ2) is 7.01. The smallest absolute Gasteiger partial charge is 0.164 e. The molecule has 1 aliphatic rings. The number of piperidine rings is 1. The Kier molecular flexibility index (Phi) is 4.41. The monoisotopic (exact) mass is 335 g/mol. The van der Waals surface area contributed by atoms with Crippen molar-refractivity contribution in [3.63, 3.8) is 0 Å². The van der Waals surface area contributed by atoms with Crippen molar-refractivity contribution in [2.24, 2.45) is 5.92 Å². The lowest BCUT2D eigenvalue weighted by Gasteiger charge is -2.33. The summed E-state index contributed by atoms with van der Waals surface area (Å²) in [7, 11) is 0. The average molecular weight is 335 g/mol. The van der Waals surface area contributed by atoms with Crippen molar-refractivity contribution in [2.45, 2.75) is 19.8 Å². The fourth-order valence-electron chi connectivity index (χ4n) is 3.27. The molecule has 3 aromatic rings. The quantitative estimate of drug-likeness (QED) is 0.730. The van der Waals surface area contributed by atoms with E-state index in [2.05, 4.69) is 24.8 Å². The van der Waals surface area contributed by atoms with E-state index < -0.39 is 0 Å². The number of nitrogens with zero attached hydrogens (tertiary/aromatic N) is 5. The van der Waals surface area contributed by atoms with Crippen molar-refractivity contribution in [1.82, 2.24) is 19.9 Å². The summed E-state index contributed by atoms with van der Waals surface area (Å²) in [6.45, 7) is 4.68. The number of anilines is 1. The van der Waals surface area contributed by atoms with Gasteiger partial charge in [0.25, 0.3) is 0 Å². The number of aromatic nitrogens is 4. The Morgan fingerprint density at radius 2 is 1.96 bits per heavy atom. The van der Waals surface area contributed by atoms with Crippen LogP contribution in [0.4, 0.5) is 5.82 Å². The largest absolute Gasteiger partial charge is 0.493 e. The van der Waals surface area contributed by atoms with Crippen LogP contribution in [0.3, 0.4) is 0 Å². The van der Waals surface area contributed by atoms with E-state index in [-0.39, 0.29) is 0 Å². The first-order valence-electron chi connectivity index (χ1n) is 8.66. The van der Waals surface area contributed by atoms with E-state index in [1.807, 2.05) is 31.2 Å². The van der Waals surface area contributed by atoms with Gasteiger partial charge in [-0.2, -0.15) is 0 Å². The Bertz CT molecular complexity index is 856. The lowest BCUT2D eigenvalue weighted by molar-refractivity contribution is 0.222. The summed E-state index contributed by atoms with van der Waals surface area (Å²) in [5.74, 6) is 2.46. The number of rotatable bonds is 4. The van der Waals surface area contributed by atoms with E-state index in [1.54, 1.807) is 18.7 Å². The van der Waals surface area contributed by atoms with Gasteiger partial charge in [0.05, 0.1) is 12.0 Å². The number of fused-ring (bicyclic) bond motifs is 1. The Balaban J connectivity index is 1.38. The van der Waals surface area contributed by atoms with Crippen molar-refractivity contribution in [2.75, 3.05) is 24.6 Å². The molecule has 0 saturated carbocycles. The zero-order valence-electron chi connectivity index (χ0n) is 14.3. The van der Waals surface area contributed by atoms with Crippen LogP contribution in [-0.2, 0) is 0 Å². The number of ether oxygens (including phenoxy) is 1. The van der Waals surface area contributed by atoms with Crippen molar-refractivity contribution < 1.29 is 4.74 Å². The topological polar surface area (TPSA) is 64.0 Å². The van der Waals surface area contributed by atoms with Crippen LogP contribution in [0.1, 0.15) is 18.5 Å². The zero-order valence-corrected chi connectivity index (χ0v) is 14.3. The lowest BCUT2D eigenvalue weighted by atomic mass is 9.97. The highest BCUT2D eigenvalue weighted by atomic mass is 16.5. The van der Waals surface area contributed by atoms with Gasteiger partial charge in [-0.15, -0.1) is 0 Å². The standard InChI is InChI=1S/C19H21N5O/c1-14-11-16(4-8-20-14)25-12-15-5-9-24(10-6-15)19-17-3-2-7-21-18(17)22-13-23-19/h2-4,7-8,11,13,15H,5-6,9-10,12H2,1H3. The molecule has 6 nitrogen and oxygen atoms in total. The van der Waals surface area contributed by atoms with Crippen LogP contribution >= 0.6 is 0 Å². The third kappa shape index (κ3) is 3.52. The van der Waals surface area contributed by atoms with Crippen molar-refractivity contribution in [1.29, 1.82) is 0 Å². The lowest BCUT2D eigenvalue weighted by Crippen LogP contribution is -2.36. The van der Waals surface area contributed by atoms with Crippen LogP contribution in [0.2, 0.25) is 0 Å². The van der Waals surface area contributed by atoms with Crippen molar-refractivity contribution >= 4 is 16.9 Å². The van der Waals surface area contributed by atoms with Gasteiger partial charge in [-0.25, -0.2) is 15.0 Å². The maximum absolute atomic E-state index is 5.94. The number of hydrogen-bond acceptors (Lipinski definition) is 6. The number of pyridine rings is 2. The van der Waals surface area contributed by atoms with Gasteiger partial charge in [-0.3, -0.25) is 4.98 Å². The van der Waals surface area contributed by atoms with E-state index in [0.717, 1.165) is 60.8 Å². The molecule has 3 aromatic heterocycles. The summed E-state index contributed by atoms with van der Waals surface area (Å²) < 4.78 is 5.94. The van der Waals surface area contributed by atoms with Gasteiger partial charge in [0, 0.05) is 37.2 Å². The maximum atomic E-state index is 5.94. The summed E-state index contributed by atoms with van der Waals surface area (Å²) in [4.78, 5) is 19.6. The van der Waals surface area contributed by atoms with E-state index >= 15 is 0 Å². The molecule has 0 spiro atoms. The van der Waals surface area contributed by atoms with Gasteiger partial charge in [0.1, 0.15) is 17.9 Å². The van der Waals surface area contributed by atoms with E-state index in [9.17, 15) is 0 Å². The maximum Gasteiger partial charge on any atom is 0.164 e. The van der Waals surface area contributed by atoms with Crippen LogP contribution in [0.25, 0.3) is 11.0 Å². The first-order chi connectivity index (χ1) is 12.3. The van der Waals surface area contributed by atoms with Crippen LogP contribution in [0.15, 0.2) is 43.0 Å². The minimum atomic E-state index is 0.566. The molecule has 0 atom stereocenters. The average Bonchev–Trinajstić information content (AvgIpc) is 2.66. The highest BCUT2D eigenvalue weighted by Crippen LogP contribution is 2.27. The van der Waals surface area contributed by atoms with Crippen LogP contribution < -0.4 is 9.64 Å². The van der Waals surface area contributed by atoms with Crippen molar-refractivity contribution in [3.05, 3.63) is 48.7 Å². The molecule has 1 saturated heterocycles. The Morgan fingerprint density at radius 1 is 1.08 bits per heavy atom. The molecule has 0 aliphatic carbocycles.